The second-order valence-corrected chi connectivity index (χ2v) is 6.92. The zero-order valence-corrected chi connectivity index (χ0v) is 15.1. The summed E-state index contributed by atoms with van der Waals surface area (Å²) >= 11 is 0. The molecular weight excluding hydrogens is 326 g/mol. The number of likely N-dealkylation sites (N-methyl/N-ethyl adjacent to an activating group) is 1. The fraction of sp³-hybridized carbons (Fsp3) is 0.273. The molecule has 1 aliphatic heterocycles. The summed E-state index contributed by atoms with van der Waals surface area (Å²) < 4.78 is 12.0. The quantitative estimate of drug-likeness (QED) is 0.911. The number of benzene rings is 2. The molecular formula is C22H23NO3. The maximum Gasteiger partial charge on any atom is 0.304 e. The van der Waals surface area contributed by atoms with Crippen LogP contribution in [0.2, 0.25) is 0 Å². The highest BCUT2D eigenvalue weighted by Gasteiger charge is 2.48. The topological polar surface area (TPSA) is 41.9 Å². The van der Waals surface area contributed by atoms with Gasteiger partial charge in [0, 0.05) is 36.5 Å². The van der Waals surface area contributed by atoms with Crippen LogP contribution in [-0.4, -0.2) is 24.1 Å². The Morgan fingerprint density at radius 3 is 2.15 bits per heavy atom. The largest absolute Gasteiger partial charge is 0.449 e. The lowest BCUT2D eigenvalue weighted by Gasteiger charge is -2.37. The Bertz CT molecular complexity index is 849. The highest BCUT2D eigenvalue weighted by Crippen LogP contribution is 2.48. The molecule has 1 N–H and O–H groups in total. The summed E-state index contributed by atoms with van der Waals surface area (Å²) in [7, 11) is 3.92. The summed E-state index contributed by atoms with van der Waals surface area (Å²) in [6.07, 6.45) is 6.68. The zero-order chi connectivity index (χ0) is 18.2. The lowest BCUT2D eigenvalue weighted by molar-refractivity contribution is -0.115. The second kappa shape index (κ2) is 6.22. The van der Waals surface area contributed by atoms with E-state index in [1.165, 1.54) is 0 Å². The van der Waals surface area contributed by atoms with Crippen molar-refractivity contribution >= 4 is 0 Å². The first kappa shape index (κ1) is 16.7. The summed E-state index contributed by atoms with van der Waals surface area (Å²) in [5, 5.41) is 11.7. The van der Waals surface area contributed by atoms with Gasteiger partial charge in [-0.15, -0.1) is 0 Å². The highest BCUT2D eigenvalue weighted by atomic mass is 16.7. The van der Waals surface area contributed by atoms with Crippen molar-refractivity contribution in [3.05, 3.63) is 95.6 Å². The third-order valence-corrected chi connectivity index (χ3v) is 5.15. The SMILES string of the molecule is CN(C)C1=CCCC1(O)c1ccccc1C1(c2ccccc2)OC=CO1. The molecule has 4 nitrogen and oxygen atoms in total. The molecule has 26 heavy (non-hydrogen) atoms. The lowest BCUT2D eigenvalue weighted by atomic mass is 9.82. The van der Waals surface area contributed by atoms with Crippen LogP contribution in [0.4, 0.5) is 0 Å². The number of aliphatic hydroxyl groups is 1. The predicted octanol–water partition coefficient (Wildman–Crippen LogP) is 3.83. The van der Waals surface area contributed by atoms with E-state index in [-0.39, 0.29) is 0 Å². The van der Waals surface area contributed by atoms with Crippen LogP contribution >= 0.6 is 0 Å². The van der Waals surface area contributed by atoms with Crippen LogP contribution in [-0.2, 0) is 20.9 Å². The highest BCUT2D eigenvalue weighted by molar-refractivity contribution is 5.47. The molecule has 0 aromatic heterocycles. The summed E-state index contributed by atoms with van der Waals surface area (Å²) in [4.78, 5) is 1.98. The Kier molecular flexibility index (Phi) is 4.00. The van der Waals surface area contributed by atoms with Gasteiger partial charge < -0.3 is 19.5 Å². The minimum absolute atomic E-state index is 0.635. The standard InChI is InChI=1S/C22H23NO3/c1-23(2)20-13-8-14-21(20,24)18-11-6-7-12-19(18)22(25-15-16-26-22)17-9-4-3-5-10-17/h3-7,9-13,15-16,24H,8,14H2,1-2H3. The van der Waals surface area contributed by atoms with Gasteiger partial charge >= 0.3 is 5.79 Å². The Hall–Kier alpha value is -2.72. The van der Waals surface area contributed by atoms with Gasteiger partial charge in [0.15, 0.2) is 0 Å². The molecule has 0 saturated carbocycles. The van der Waals surface area contributed by atoms with Gasteiger partial charge in [-0.3, -0.25) is 0 Å². The van der Waals surface area contributed by atoms with E-state index in [0.29, 0.717) is 6.42 Å². The van der Waals surface area contributed by atoms with Crippen molar-refractivity contribution in [3.8, 4) is 0 Å². The Morgan fingerprint density at radius 1 is 0.885 bits per heavy atom. The van der Waals surface area contributed by atoms with Gasteiger partial charge in [-0.25, -0.2) is 0 Å². The first-order valence-corrected chi connectivity index (χ1v) is 8.84. The number of hydrogen-bond acceptors (Lipinski definition) is 4. The van der Waals surface area contributed by atoms with Crippen LogP contribution in [0, 0.1) is 0 Å². The number of hydrogen-bond donors (Lipinski definition) is 1. The lowest BCUT2D eigenvalue weighted by Crippen LogP contribution is -2.38. The smallest absolute Gasteiger partial charge is 0.304 e. The molecule has 0 spiro atoms. The van der Waals surface area contributed by atoms with Crippen molar-refractivity contribution < 1.29 is 14.6 Å². The normalized spacial score (nSPS) is 23.3. The van der Waals surface area contributed by atoms with Crippen LogP contribution in [0.3, 0.4) is 0 Å². The van der Waals surface area contributed by atoms with Crippen LogP contribution in [0.1, 0.15) is 29.5 Å². The van der Waals surface area contributed by atoms with Crippen molar-refractivity contribution in [1.82, 2.24) is 4.90 Å². The van der Waals surface area contributed by atoms with Gasteiger partial charge in [0.25, 0.3) is 0 Å². The van der Waals surface area contributed by atoms with Gasteiger partial charge in [0.1, 0.15) is 18.1 Å². The van der Waals surface area contributed by atoms with Crippen LogP contribution in [0.5, 0.6) is 0 Å². The average molecular weight is 349 g/mol. The molecule has 0 amide bonds. The van der Waals surface area contributed by atoms with Crippen molar-refractivity contribution in [2.75, 3.05) is 14.1 Å². The van der Waals surface area contributed by atoms with E-state index in [1.807, 2.05) is 73.6 Å². The van der Waals surface area contributed by atoms with Crippen LogP contribution < -0.4 is 0 Å². The minimum atomic E-state index is -1.09. The van der Waals surface area contributed by atoms with Crippen molar-refractivity contribution in [3.63, 3.8) is 0 Å². The molecule has 1 unspecified atom stereocenters. The Labute approximate surface area is 154 Å². The Balaban J connectivity index is 1.90. The summed E-state index contributed by atoms with van der Waals surface area (Å²) in [5.74, 6) is -1.09. The van der Waals surface area contributed by atoms with Crippen LogP contribution in [0.15, 0.2) is 78.9 Å². The van der Waals surface area contributed by atoms with Gasteiger partial charge in [-0.2, -0.15) is 0 Å². The van der Waals surface area contributed by atoms with Gasteiger partial charge in [-0.1, -0.05) is 60.7 Å². The third kappa shape index (κ3) is 2.41. The van der Waals surface area contributed by atoms with E-state index >= 15 is 0 Å². The van der Waals surface area contributed by atoms with Crippen molar-refractivity contribution in [1.29, 1.82) is 0 Å². The first-order chi connectivity index (χ1) is 12.6. The molecule has 1 aliphatic carbocycles. The summed E-state index contributed by atoms with van der Waals surface area (Å²) in [6, 6.07) is 17.7. The van der Waals surface area contributed by atoms with E-state index in [9.17, 15) is 5.11 Å². The number of rotatable bonds is 4. The third-order valence-electron chi connectivity index (χ3n) is 5.15. The summed E-state index contributed by atoms with van der Waals surface area (Å²) in [6.45, 7) is 0. The molecule has 1 heterocycles. The minimum Gasteiger partial charge on any atom is -0.449 e. The molecule has 0 radical (unpaired) electrons. The number of nitrogens with zero attached hydrogens (tertiary/aromatic N) is 1. The maximum absolute atomic E-state index is 11.7. The zero-order valence-electron chi connectivity index (χ0n) is 15.1. The average Bonchev–Trinajstić information content (AvgIpc) is 3.31. The molecule has 0 saturated heterocycles. The molecule has 4 rings (SSSR count). The van der Waals surface area contributed by atoms with Crippen molar-refractivity contribution in [2.45, 2.75) is 24.2 Å². The van der Waals surface area contributed by atoms with Gasteiger partial charge in [0.05, 0.1) is 0 Å². The first-order valence-electron chi connectivity index (χ1n) is 8.84. The van der Waals surface area contributed by atoms with Crippen molar-refractivity contribution in [2.24, 2.45) is 0 Å². The maximum atomic E-state index is 11.7. The Morgan fingerprint density at radius 2 is 1.50 bits per heavy atom. The summed E-state index contributed by atoms with van der Waals surface area (Å²) in [5.41, 5.74) is 2.34. The van der Waals surface area contributed by atoms with E-state index in [1.54, 1.807) is 12.5 Å². The second-order valence-electron chi connectivity index (χ2n) is 6.92. The van der Waals surface area contributed by atoms with Crippen LogP contribution in [0.25, 0.3) is 0 Å². The molecule has 0 bridgehead atoms. The molecule has 1 atom stereocenters. The van der Waals surface area contributed by atoms with E-state index in [4.69, 9.17) is 9.47 Å². The molecule has 134 valence electrons. The molecule has 2 aliphatic rings. The van der Waals surface area contributed by atoms with Gasteiger partial charge in [-0.05, 0) is 12.8 Å². The van der Waals surface area contributed by atoms with E-state index in [2.05, 4.69) is 6.08 Å². The van der Waals surface area contributed by atoms with Gasteiger partial charge in [0.2, 0.25) is 0 Å². The fourth-order valence-electron chi connectivity index (χ4n) is 4.02. The predicted molar refractivity (Wildman–Crippen MR) is 99.9 cm³/mol. The molecule has 4 heteroatoms. The van der Waals surface area contributed by atoms with E-state index < -0.39 is 11.4 Å². The number of ether oxygens (including phenoxy) is 2. The monoisotopic (exact) mass is 349 g/mol. The molecule has 2 aromatic carbocycles. The molecule has 2 aromatic rings. The fourth-order valence-corrected chi connectivity index (χ4v) is 4.02. The number of allylic oxidation sites excluding steroid dienone is 1. The molecule has 0 fully saturated rings. The van der Waals surface area contributed by atoms with E-state index in [0.717, 1.165) is 28.8 Å².